The number of benzene rings is 1. The van der Waals surface area contributed by atoms with Crippen molar-refractivity contribution in [2.75, 3.05) is 5.73 Å². The van der Waals surface area contributed by atoms with Crippen molar-refractivity contribution in [1.29, 1.82) is 0 Å². The quantitative estimate of drug-likeness (QED) is 0.375. The number of hydrogen-bond acceptors (Lipinski definition) is 3. The van der Waals surface area contributed by atoms with E-state index >= 15 is 0 Å². The van der Waals surface area contributed by atoms with Gasteiger partial charge in [-0.2, -0.15) is 23.4 Å². The van der Waals surface area contributed by atoms with E-state index in [1.54, 1.807) is 0 Å². The third kappa shape index (κ3) is 3.71. The van der Waals surface area contributed by atoms with Gasteiger partial charge in [-0.3, -0.25) is 0 Å². The van der Waals surface area contributed by atoms with Crippen molar-refractivity contribution in [3.8, 4) is 17.2 Å². The molecule has 1 aromatic heterocycles. The Hall–Kier alpha value is -2.34. The fourth-order valence-electron chi connectivity index (χ4n) is 1.79. The molecule has 0 bridgehead atoms. The van der Waals surface area contributed by atoms with Crippen molar-refractivity contribution >= 4 is 13.8 Å². The lowest BCUT2D eigenvalue weighted by atomic mass is 10.0. The molecule has 23 heavy (non-hydrogen) atoms. The molecule has 1 heterocycles. The Morgan fingerprint density at radius 3 is 2.22 bits per heavy atom. The summed E-state index contributed by atoms with van der Waals surface area (Å²) in [4.78, 5) is 0.757. The van der Waals surface area contributed by atoms with E-state index in [-0.39, 0.29) is 5.56 Å². The minimum atomic E-state index is -4.80. The summed E-state index contributed by atoms with van der Waals surface area (Å²) in [6.45, 7) is 5.73. The molecule has 0 saturated heterocycles. The van der Waals surface area contributed by atoms with Crippen molar-refractivity contribution in [1.82, 2.24) is 15.0 Å². The first-order chi connectivity index (χ1) is 10.5. The van der Waals surface area contributed by atoms with Crippen LogP contribution in [-0.4, -0.2) is 23.1 Å². The minimum absolute atomic E-state index is 0.254. The molecular weight excluding hydrogens is 328 g/mol. The Balaban J connectivity index is 2.87. The van der Waals surface area contributed by atoms with Gasteiger partial charge in [0, 0.05) is 0 Å². The average molecular weight is 342 g/mol. The molecule has 1 aromatic carbocycles. The van der Waals surface area contributed by atoms with E-state index in [1.807, 2.05) is 19.6 Å². The zero-order chi connectivity index (χ0) is 17.4. The van der Waals surface area contributed by atoms with E-state index < -0.39 is 37.0 Å². The van der Waals surface area contributed by atoms with Crippen LogP contribution in [0.5, 0.6) is 0 Å². The number of anilines is 1. The van der Waals surface area contributed by atoms with E-state index in [0.29, 0.717) is 6.07 Å². The number of nitrogens with two attached hydrogens (primary N) is 1. The Bertz CT molecular complexity index is 780. The number of nitrogens with zero attached hydrogens (tertiary/aromatic N) is 3. The summed E-state index contributed by atoms with van der Waals surface area (Å²) >= 11 is 0. The molecule has 0 spiro atoms. The Morgan fingerprint density at radius 1 is 1.17 bits per heavy atom. The highest BCUT2D eigenvalue weighted by molar-refractivity contribution is 6.83. The lowest BCUT2D eigenvalue weighted by molar-refractivity contribution is -0.137. The summed E-state index contributed by atoms with van der Waals surface area (Å²) in [5.41, 5.74) is 6.14. The van der Waals surface area contributed by atoms with Gasteiger partial charge in [-0.05, 0) is 6.07 Å². The number of rotatable bonds is 1. The molecule has 4 nitrogen and oxygen atoms in total. The first-order valence-corrected chi connectivity index (χ1v) is 10.1. The normalized spacial score (nSPS) is 12.0. The molecule has 0 atom stereocenters. The van der Waals surface area contributed by atoms with Crippen molar-refractivity contribution in [2.24, 2.45) is 0 Å². The van der Waals surface area contributed by atoms with Gasteiger partial charge in [0.25, 0.3) is 0 Å². The van der Waals surface area contributed by atoms with Crippen molar-refractivity contribution in [3.63, 3.8) is 0 Å². The van der Waals surface area contributed by atoms with Crippen molar-refractivity contribution < 1.29 is 17.6 Å². The van der Waals surface area contributed by atoms with Crippen LogP contribution in [0.3, 0.4) is 0 Å². The summed E-state index contributed by atoms with van der Waals surface area (Å²) in [6, 6.07) is 0.341. The van der Waals surface area contributed by atoms with Crippen molar-refractivity contribution in [3.05, 3.63) is 35.4 Å². The fourth-order valence-corrected chi connectivity index (χ4v) is 2.29. The van der Waals surface area contributed by atoms with E-state index in [2.05, 4.69) is 21.7 Å². The molecule has 122 valence electrons. The molecule has 0 amide bonds. The fraction of sp³-hybridized carbons (Fsp3) is 0.286. The van der Waals surface area contributed by atoms with Gasteiger partial charge in [0.05, 0.1) is 29.2 Å². The average Bonchev–Trinajstić information content (AvgIpc) is 2.91. The monoisotopic (exact) mass is 342 g/mol. The number of halogens is 4. The Kier molecular flexibility index (Phi) is 4.21. The first-order valence-electron chi connectivity index (χ1n) is 6.60. The molecule has 2 rings (SSSR count). The lowest BCUT2D eigenvalue weighted by Crippen LogP contribution is -2.18. The van der Waals surface area contributed by atoms with E-state index in [0.717, 1.165) is 4.80 Å². The third-order valence-corrected chi connectivity index (χ3v) is 3.65. The zero-order valence-electron chi connectivity index (χ0n) is 12.7. The maximum atomic E-state index is 13.9. The number of hydrogen-bond donors (Lipinski definition) is 1. The van der Waals surface area contributed by atoms with Crippen LogP contribution >= 0.6 is 0 Å². The molecule has 0 fully saturated rings. The smallest absolute Gasteiger partial charge is 0.395 e. The predicted molar refractivity (Wildman–Crippen MR) is 81.0 cm³/mol. The largest absolute Gasteiger partial charge is 0.418 e. The predicted octanol–water partition coefficient (Wildman–Crippen LogP) is 3.24. The minimum Gasteiger partial charge on any atom is -0.395 e. The van der Waals surface area contributed by atoms with Crippen LogP contribution in [-0.2, 0) is 6.18 Å². The maximum Gasteiger partial charge on any atom is 0.418 e. The molecule has 0 aliphatic carbocycles. The van der Waals surface area contributed by atoms with Gasteiger partial charge in [0.15, 0.2) is 0 Å². The van der Waals surface area contributed by atoms with Gasteiger partial charge in [0.2, 0.25) is 0 Å². The highest BCUT2D eigenvalue weighted by Crippen LogP contribution is 2.38. The molecular formula is C14H14F4N4Si. The molecule has 0 unspecified atom stereocenters. The second-order valence-corrected chi connectivity index (χ2v) is 10.6. The standard InChI is InChI=1S/C14H14F4N4Si/c1-23(2,3)7-4-9-12(19)11(15)8-10(14(16,17)18)13(9)22-20-5-6-21-22/h5-6,8H,19H2,1-3H3. The van der Waals surface area contributed by atoms with Crippen LogP contribution in [0.15, 0.2) is 18.5 Å². The van der Waals surface area contributed by atoms with Gasteiger partial charge in [-0.15, -0.1) is 10.3 Å². The van der Waals surface area contributed by atoms with Crippen LogP contribution in [0, 0.1) is 17.3 Å². The second kappa shape index (κ2) is 5.70. The van der Waals surface area contributed by atoms with E-state index in [9.17, 15) is 17.6 Å². The molecule has 0 saturated carbocycles. The molecule has 0 aliphatic rings. The Morgan fingerprint density at radius 2 is 1.74 bits per heavy atom. The van der Waals surface area contributed by atoms with E-state index in [1.165, 1.54) is 12.4 Å². The van der Waals surface area contributed by atoms with Crippen LogP contribution in [0.2, 0.25) is 19.6 Å². The van der Waals surface area contributed by atoms with Crippen LogP contribution < -0.4 is 5.73 Å². The van der Waals surface area contributed by atoms with Gasteiger partial charge < -0.3 is 5.73 Å². The highest BCUT2D eigenvalue weighted by Gasteiger charge is 2.37. The summed E-state index contributed by atoms with van der Waals surface area (Å²) in [5, 5.41) is 7.42. The van der Waals surface area contributed by atoms with Gasteiger partial charge in [-0.25, -0.2) is 4.39 Å². The number of alkyl halides is 3. The maximum absolute atomic E-state index is 13.9. The summed E-state index contributed by atoms with van der Waals surface area (Å²) < 4.78 is 53.8. The summed E-state index contributed by atoms with van der Waals surface area (Å²) in [6.07, 6.45) is -2.36. The molecule has 9 heteroatoms. The van der Waals surface area contributed by atoms with Crippen LogP contribution in [0.25, 0.3) is 5.69 Å². The second-order valence-electron chi connectivity index (χ2n) is 5.86. The van der Waals surface area contributed by atoms with Crippen LogP contribution in [0.1, 0.15) is 11.1 Å². The third-order valence-electron chi connectivity index (χ3n) is 2.78. The summed E-state index contributed by atoms with van der Waals surface area (Å²) in [7, 11) is -1.92. The SMILES string of the molecule is C[Si](C)(C)C#Cc1c(N)c(F)cc(C(F)(F)F)c1-n1nccn1. The van der Waals surface area contributed by atoms with Gasteiger partial charge >= 0.3 is 6.18 Å². The topological polar surface area (TPSA) is 56.7 Å². The zero-order valence-corrected chi connectivity index (χ0v) is 13.7. The summed E-state index contributed by atoms with van der Waals surface area (Å²) in [5.74, 6) is 1.44. The molecule has 0 radical (unpaired) electrons. The molecule has 2 aromatic rings. The Labute approximate surface area is 131 Å². The lowest BCUT2D eigenvalue weighted by Gasteiger charge is -2.16. The van der Waals surface area contributed by atoms with Gasteiger partial charge in [0.1, 0.15) is 19.6 Å². The van der Waals surface area contributed by atoms with E-state index in [4.69, 9.17) is 5.73 Å². The van der Waals surface area contributed by atoms with Gasteiger partial charge in [-0.1, -0.05) is 25.6 Å². The first kappa shape index (κ1) is 17.0. The highest BCUT2D eigenvalue weighted by atomic mass is 28.3. The molecule has 2 N–H and O–H groups in total. The number of aromatic nitrogens is 3. The molecule has 0 aliphatic heterocycles. The number of nitrogen functional groups attached to an aromatic ring is 1. The van der Waals surface area contributed by atoms with Crippen molar-refractivity contribution in [2.45, 2.75) is 25.8 Å². The van der Waals surface area contributed by atoms with Crippen LogP contribution in [0.4, 0.5) is 23.2 Å².